The smallest absolute Gasteiger partial charge is 0.325 e. The second-order valence-electron chi connectivity index (χ2n) is 1.28. The zero-order chi connectivity index (χ0) is 6.41. The highest BCUT2D eigenvalue weighted by Gasteiger charge is 1.96. The molecule has 0 aromatic heterocycles. The highest BCUT2D eigenvalue weighted by molar-refractivity contribution is 6.13. The zero-order valence-electron chi connectivity index (χ0n) is 4.39. The Hall–Kier alpha value is -0.500. The van der Waals surface area contributed by atoms with Gasteiger partial charge in [0, 0.05) is 0 Å². The van der Waals surface area contributed by atoms with Crippen molar-refractivity contribution in [2.24, 2.45) is 0 Å². The van der Waals surface area contributed by atoms with Crippen LogP contribution in [0.15, 0.2) is 12.7 Å². The molecule has 0 saturated heterocycles. The van der Waals surface area contributed by atoms with E-state index in [1.54, 1.807) is 6.08 Å². The van der Waals surface area contributed by atoms with Crippen LogP contribution in [-0.2, 0) is 9.08 Å². The third kappa shape index (κ3) is 3.68. The summed E-state index contributed by atoms with van der Waals surface area (Å²) in [5, 5.41) is 0. The second-order valence-corrected chi connectivity index (χ2v) is 1.43. The first kappa shape index (κ1) is 7.50. The molecule has 0 amide bonds. The Balaban J connectivity index is 3.11. The first-order valence-electron chi connectivity index (χ1n) is 2.23. The average molecular weight is 135 g/mol. The van der Waals surface area contributed by atoms with Gasteiger partial charge in [0.2, 0.25) is 0 Å². The predicted molar refractivity (Wildman–Crippen MR) is 31.4 cm³/mol. The van der Waals surface area contributed by atoms with Crippen molar-refractivity contribution in [1.29, 1.82) is 0 Å². The van der Waals surface area contributed by atoms with Crippen molar-refractivity contribution in [3.8, 4) is 0 Å². The van der Waals surface area contributed by atoms with Crippen molar-refractivity contribution in [3.63, 3.8) is 0 Å². The molecule has 0 aromatic carbocycles. The molecule has 0 rings (SSSR count). The third-order valence-electron chi connectivity index (χ3n) is 0.639. The Bertz CT molecular complexity index is 90.4. The molecule has 0 heterocycles. The Morgan fingerprint density at radius 1 is 1.88 bits per heavy atom. The van der Waals surface area contributed by atoms with Gasteiger partial charge in [-0.25, -0.2) is 0 Å². The lowest BCUT2D eigenvalue weighted by Gasteiger charge is -1.87. The Kier molecular flexibility index (Phi) is 4.36. The SMILES string of the molecule is C=CCCC(=O)OCl. The van der Waals surface area contributed by atoms with Crippen LogP contribution in [0, 0.1) is 0 Å². The molecule has 0 aromatic rings. The second kappa shape index (κ2) is 4.65. The van der Waals surface area contributed by atoms with Crippen LogP contribution in [0.4, 0.5) is 0 Å². The van der Waals surface area contributed by atoms with Gasteiger partial charge < -0.3 is 4.29 Å². The van der Waals surface area contributed by atoms with Crippen LogP contribution in [0.3, 0.4) is 0 Å². The molecule has 0 saturated carbocycles. The standard InChI is InChI=1S/C5H7ClO2/c1-2-3-4-5(7)8-6/h2H,1,3-4H2. The van der Waals surface area contributed by atoms with Crippen LogP contribution in [0.2, 0.25) is 0 Å². The van der Waals surface area contributed by atoms with Crippen LogP contribution < -0.4 is 0 Å². The number of hydrogen-bond donors (Lipinski definition) is 0. The van der Waals surface area contributed by atoms with Gasteiger partial charge in [0.15, 0.2) is 0 Å². The maximum absolute atomic E-state index is 10.2. The lowest BCUT2D eigenvalue weighted by Crippen LogP contribution is -1.93. The highest BCUT2D eigenvalue weighted by Crippen LogP contribution is 1.93. The molecule has 8 heavy (non-hydrogen) atoms. The molecule has 0 aliphatic rings. The average Bonchev–Trinajstić information content (AvgIpc) is 1.83. The monoisotopic (exact) mass is 134 g/mol. The molecule has 0 atom stereocenters. The number of allylic oxidation sites excluding steroid dienone is 1. The summed E-state index contributed by atoms with van der Waals surface area (Å²) in [5.41, 5.74) is 0. The molecule has 0 bridgehead atoms. The highest BCUT2D eigenvalue weighted by atomic mass is 35.5. The zero-order valence-corrected chi connectivity index (χ0v) is 5.15. The van der Waals surface area contributed by atoms with E-state index in [1.807, 2.05) is 0 Å². The van der Waals surface area contributed by atoms with Gasteiger partial charge in [-0.3, -0.25) is 4.79 Å². The molecule has 0 aliphatic carbocycles. The minimum absolute atomic E-state index is 0.312. The van der Waals surface area contributed by atoms with Gasteiger partial charge >= 0.3 is 5.97 Å². The largest absolute Gasteiger partial charge is 0.348 e. The molecule has 0 spiro atoms. The van der Waals surface area contributed by atoms with Gasteiger partial charge in [0.25, 0.3) is 0 Å². The van der Waals surface area contributed by atoms with Crippen molar-refractivity contribution in [3.05, 3.63) is 12.7 Å². The predicted octanol–water partition coefficient (Wildman–Crippen LogP) is 1.65. The fourth-order valence-corrected chi connectivity index (χ4v) is 0.336. The van der Waals surface area contributed by atoms with Gasteiger partial charge in [0.1, 0.15) is 11.9 Å². The van der Waals surface area contributed by atoms with E-state index in [1.165, 1.54) is 0 Å². The molecule has 2 nitrogen and oxygen atoms in total. The van der Waals surface area contributed by atoms with E-state index in [9.17, 15) is 4.79 Å². The summed E-state index contributed by atoms with van der Waals surface area (Å²) in [4.78, 5) is 10.2. The lowest BCUT2D eigenvalue weighted by molar-refractivity contribution is -0.133. The summed E-state index contributed by atoms with van der Waals surface area (Å²) < 4.78 is 3.84. The molecule has 3 heteroatoms. The summed E-state index contributed by atoms with van der Waals surface area (Å²) in [6.07, 6.45) is 2.56. The molecule has 0 unspecified atom stereocenters. The molecule has 0 N–H and O–H groups in total. The van der Waals surface area contributed by atoms with Gasteiger partial charge in [-0.05, 0) is 6.42 Å². The van der Waals surface area contributed by atoms with Crippen LogP contribution in [-0.4, -0.2) is 5.97 Å². The first-order valence-corrected chi connectivity index (χ1v) is 2.54. The van der Waals surface area contributed by atoms with E-state index in [0.717, 1.165) is 0 Å². The van der Waals surface area contributed by atoms with E-state index in [2.05, 4.69) is 10.9 Å². The molecule has 46 valence electrons. The lowest BCUT2D eigenvalue weighted by atomic mass is 10.3. The number of carbonyl (C=O) groups excluding carboxylic acids is 1. The van der Waals surface area contributed by atoms with Crippen LogP contribution in [0.25, 0.3) is 0 Å². The quantitative estimate of drug-likeness (QED) is 0.549. The van der Waals surface area contributed by atoms with Gasteiger partial charge in [-0.1, -0.05) is 6.08 Å². The van der Waals surface area contributed by atoms with E-state index in [0.29, 0.717) is 12.8 Å². The van der Waals surface area contributed by atoms with Crippen molar-refractivity contribution < 1.29 is 9.08 Å². The van der Waals surface area contributed by atoms with Gasteiger partial charge in [-0.2, -0.15) is 0 Å². The Morgan fingerprint density at radius 2 is 2.50 bits per heavy atom. The summed E-state index contributed by atoms with van der Waals surface area (Å²) in [5.74, 6) is -0.411. The Morgan fingerprint density at radius 3 is 2.88 bits per heavy atom. The van der Waals surface area contributed by atoms with Crippen molar-refractivity contribution >= 4 is 17.8 Å². The molecule has 0 aliphatic heterocycles. The summed E-state index contributed by atoms with van der Waals surface area (Å²) in [6.45, 7) is 3.42. The minimum Gasteiger partial charge on any atom is -0.348 e. The Labute approximate surface area is 53.3 Å². The van der Waals surface area contributed by atoms with Crippen LogP contribution in [0.1, 0.15) is 12.8 Å². The fraction of sp³-hybridized carbons (Fsp3) is 0.400. The summed E-state index contributed by atoms with van der Waals surface area (Å²) in [6, 6.07) is 0. The van der Waals surface area contributed by atoms with E-state index >= 15 is 0 Å². The van der Waals surface area contributed by atoms with E-state index < -0.39 is 5.97 Å². The van der Waals surface area contributed by atoms with Crippen molar-refractivity contribution in [2.45, 2.75) is 12.8 Å². The maximum Gasteiger partial charge on any atom is 0.325 e. The maximum atomic E-state index is 10.2. The molecular weight excluding hydrogens is 128 g/mol. The van der Waals surface area contributed by atoms with Crippen LogP contribution in [0.5, 0.6) is 0 Å². The molecular formula is C5H7ClO2. The number of carbonyl (C=O) groups is 1. The minimum atomic E-state index is -0.411. The van der Waals surface area contributed by atoms with Gasteiger partial charge in [0.05, 0.1) is 6.42 Å². The van der Waals surface area contributed by atoms with Crippen LogP contribution >= 0.6 is 11.9 Å². The van der Waals surface area contributed by atoms with Crippen molar-refractivity contribution in [2.75, 3.05) is 0 Å². The number of hydrogen-bond acceptors (Lipinski definition) is 2. The number of halogens is 1. The van der Waals surface area contributed by atoms with Gasteiger partial charge in [-0.15, -0.1) is 6.58 Å². The van der Waals surface area contributed by atoms with Crippen molar-refractivity contribution in [1.82, 2.24) is 0 Å². The molecule has 0 fully saturated rings. The summed E-state index contributed by atoms with van der Waals surface area (Å²) in [7, 11) is 0. The van der Waals surface area contributed by atoms with E-state index in [4.69, 9.17) is 11.9 Å². The number of rotatable bonds is 3. The normalized spacial score (nSPS) is 8.12. The summed E-state index contributed by atoms with van der Waals surface area (Å²) >= 11 is 4.70. The topological polar surface area (TPSA) is 26.3 Å². The third-order valence-corrected chi connectivity index (χ3v) is 0.811. The fourth-order valence-electron chi connectivity index (χ4n) is 0.258. The first-order chi connectivity index (χ1) is 3.81. The molecule has 0 radical (unpaired) electrons. The van der Waals surface area contributed by atoms with E-state index in [-0.39, 0.29) is 0 Å².